The van der Waals surface area contributed by atoms with Gasteiger partial charge >= 0.3 is 0 Å². The van der Waals surface area contributed by atoms with Crippen LogP contribution < -0.4 is 5.73 Å². The number of nitrogens with two attached hydrogens (primary N) is 1. The zero-order valence-electron chi connectivity index (χ0n) is 12.5. The molecule has 3 nitrogen and oxygen atoms in total. The Balaban J connectivity index is 2.18. The van der Waals surface area contributed by atoms with Crippen LogP contribution in [0.15, 0.2) is 18.2 Å². The molecule has 2 rings (SSSR count). The van der Waals surface area contributed by atoms with Crippen LogP contribution in [0.1, 0.15) is 50.6 Å². The topological polar surface area (TPSA) is 46.3 Å². The molecule has 21 heavy (non-hydrogen) atoms. The number of hydrogen-bond donors (Lipinski definition) is 1. The molecule has 5 heteroatoms. The van der Waals surface area contributed by atoms with Crippen molar-refractivity contribution in [2.75, 3.05) is 7.05 Å². The molecule has 0 radical (unpaired) electrons. The number of amides is 1. The lowest BCUT2D eigenvalue weighted by Gasteiger charge is -2.38. The van der Waals surface area contributed by atoms with Gasteiger partial charge in [-0.3, -0.25) is 4.79 Å². The van der Waals surface area contributed by atoms with Crippen LogP contribution >= 0.6 is 23.2 Å². The molecule has 1 atom stereocenters. The van der Waals surface area contributed by atoms with Crippen LogP contribution in [-0.2, 0) is 4.79 Å². The van der Waals surface area contributed by atoms with Crippen LogP contribution in [0.2, 0.25) is 10.0 Å². The van der Waals surface area contributed by atoms with Gasteiger partial charge < -0.3 is 10.6 Å². The third-order valence-corrected chi connectivity index (χ3v) is 5.05. The maximum absolute atomic E-state index is 12.7. The molecule has 0 heterocycles. The Morgan fingerprint density at radius 1 is 1.29 bits per heavy atom. The highest BCUT2D eigenvalue weighted by atomic mass is 35.5. The molecule has 1 saturated carbocycles. The molecule has 0 saturated heterocycles. The van der Waals surface area contributed by atoms with Crippen LogP contribution in [0.3, 0.4) is 0 Å². The predicted molar refractivity (Wildman–Crippen MR) is 87.7 cm³/mol. The highest BCUT2D eigenvalue weighted by Gasteiger charge is 2.38. The van der Waals surface area contributed by atoms with Crippen molar-refractivity contribution in [2.45, 2.75) is 50.6 Å². The third kappa shape index (κ3) is 3.53. The van der Waals surface area contributed by atoms with Gasteiger partial charge in [-0.2, -0.15) is 0 Å². The first-order valence-corrected chi connectivity index (χ1v) is 8.12. The standard InChI is InChI=1S/C16H22Cl2N2O/c1-11(13-7-6-12(17)10-14(13)18)20(2)15(21)16(19)8-4-3-5-9-16/h6-7,10-11H,3-5,8-9,19H2,1-2H3. The van der Waals surface area contributed by atoms with Gasteiger partial charge in [0, 0.05) is 17.1 Å². The Labute approximate surface area is 136 Å². The quantitative estimate of drug-likeness (QED) is 0.904. The Kier molecular flexibility index (Phi) is 5.18. The molecule has 0 spiro atoms. The first-order chi connectivity index (χ1) is 9.85. The Bertz CT molecular complexity index is 527. The average Bonchev–Trinajstić information content (AvgIpc) is 2.46. The van der Waals surface area contributed by atoms with E-state index in [1.54, 1.807) is 24.1 Å². The van der Waals surface area contributed by atoms with Gasteiger partial charge in [0.25, 0.3) is 0 Å². The van der Waals surface area contributed by atoms with Crippen molar-refractivity contribution in [3.63, 3.8) is 0 Å². The minimum atomic E-state index is -0.722. The van der Waals surface area contributed by atoms with Crippen molar-refractivity contribution in [1.82, 2.24) is 4.90 Å². The Morgan fingerprint density at radius 2 is 1.90 bits per heavy atom. The number of benzene rings is 1. The lowest BCUT2D eigenvalue weighted by atomic mass is 9.81. The molecule has 116 valence electrons. The van der Waals surface area contributed by atoms with E-state index in [9.17, 15) is 4.79 Å². The largest absolute Gasteiger partial charge is 0.337 e. The predicted octanol–water partition coefficient (Wildman–Crippen LogP) is 4.17. The summed E-state index contributed by atoms with van der Waals surface area (Å²) in [6, 6.07) is 5.22. The van der Waals surface area contributed by atoms with Gasteiger partial charge in [0.1, 0.15) is 0 Å². The summed E-state index contributed by atoms with van der Waals surface area (Å²) in [6.45, 7) is 1.96. The second-order valence-corrected chi connectivity index (χ2v) is 6.82. The number of likely N-dealkylation sites (N-methyl/N-ethyl adjacent to an activating group) is 1. The minimum Gasteiger partial charge on any atom is -0.337 e. The molecule has 1 amide bonds. The maximum Gasteiger partial charge on any atom is 0.242 e. The molecule has 2 N–H and O–H groups in total. The summed E-state index contributed by atoms with van der Waals surface area (Å²) in [4.78, 5) is 14.5. The first kappa shape index (κ1) is 16.6. The SMILES string of the molecule is CC(c1ccc(Cl)cc1Cl)N(C)C(=O)C1(N)CCCCC1. The van der Waals surface area contributed by atoms with E-state index in [0.717, 1.165) is 37.7 Å². The monoisotopic (exact) mass is 328 g/mol. The molecule has 1 unspecified atom stereocenters. The fourth-order valence-electron chi connectivity index (χ4n) is 2.97. The highest BCUT2D eigenvalue weighted by Crippen LogP contribution is 2.33. The van der Waals surface area contributed by atoms with Crippen LogP contribution in [0.4, 0.5) is 0 Å². The van der Waals surface area contributed by atoms with Gasteiger partial charge in [-0.05, 0) is 37.5 Å². The molecule has 1 aromatic rings. The van der Waals surface area contributed by atoms with E-state index in [-0.39, 0.29) is 11.9 Å². The summed E-state index contributed by atoms with van der Waals surface area (Å²) in [5.41, 5.74) is 6.50. The average molecular weight is 329 g/mol. The maximum atomic E-state index is 12.7. The van der Waals surface area contributed by atoms with Crippen molar-refractivity contribution >= 4 is 29.1 Å². The van der Waals surface area contributed by atoms with Gasteiger partial charge in [-0.1, -0.05) is 48.5 Å². The number of carbonyl (C=O) groups is 1. The molecule has 0 bridgehead atoms. The lowest BCUT2D eigenvalue weighted by molar-refractivity contribution is -0.138. The van der Waals surface area contributed by atoms with E-state index in [2.05, 4.69) is 0 Å². The summed E-state index contributed by atoms with van der Waals surface area (Å²) in [7, 11) is 1.79. The van der Waals surface area contributed by atoms with Crippen LogP contribution in [0.25, 0.3) is 0 Å². The summed E-state index contributed by atoms with van der Waals surface area (Å²) in [6.07, 6.45) is 4.72. The van der Waals surface area contributed by atoms with Crippen LogP contribution in [0.5, 0.6) is 0 Å². The number of carbonyl (C=O) groups excluding carboxylic acids is 1. The molecule has 1 aliphatic rings. The smallest absolute Gasteiger partial charge is 0.242 e. The summed E-state index contributed by atoms with van der Waals surface area (Å²) in [5.74, 6) is 0.000664. The highest BCUT2D eigenvalue weighted by molar-refractivity contribution is 6.35. The van der Waals surface area contributed by atoms with E-state index < -0.39 is 5.54 Å². The second kappa shape index (κ2) is 6.55. The second-order valence-electron chi connectivity index (χ2n) is 5.97. The normalized spacial score (nSPS) is 19.1. The van der Waals surface area contributed by atoms with Crippen molar-refractivity contribution in [2.24, 2.45) is 5.73 Å². The third-order valence-electron chi connectivity index (χ3n) is 4.49. The zero-order chi connectivity index (χ0) is 15.6. The van der Waals surface area contributed by atoms with Gasteiger partial charge in [0.2, 0.25) is 5.91 Å². The van der Waals surface area contributed by atoms with Crippen molar-refractivity contribution in [1.29, 1.82) is 0 Å². The van der Waals surface area contributed by atoms with Gasteiger partial charge in [-0.25, -0.2) is 0 Å². The fourth-order valence-corrected chi connectivity index (χ4v) is 3.54. The lowest BCUT2D eigenvalue weighted by Crippen LogP contribution is -2.55. The number of nitrogens with zero attached hydrogens (tertiary/aromatic N) is 1. The van der Waals surface area contributed by atoms with Crippen molar-refractivity contribution < 1.29 is 4.79 Å². The number of hydrogen-bond acceptors (Lipinski definition) is 2. The summed E-state index contributed by atoms with van der Waals surface area (Å²) < 4.78 is 0. The molecular weight excluding hydrogens is 307 g/mol. The van der Waals surface area contributed by atoms with Gasteiger partial charge in [0.05, 0.1) is 11.6 Å². The number of rotatable bonds is 3. The molecular formula is C16H22Cl2N2O. The van der Waals surface area contributed by atoms with Crippen LogP contribution in [0, 0.1) is 0 Å². The molecule has 1 aliphatic carbocycles. The Morgan fingerprint density at radius 3 is 2.48 bits per heavy atom. The molecule has 0 aromatic heterocycles. The first-order valence-electron chi connectivity index (χ1n) is 7.36. The van der Waals surface area contributed by atoms with E-state index in [0.29, 0.717) is 10.0 Å². The van der Waals surface area contributed by atoms with E-state index in [4.69, 9.17) is 28.9 Å². The van der Waals surface area contributed by atoms with Crippen molar-refractivity contribution in [3.8, 4) is 0 Å². The van der Waals surface area contributed by atoms with E-state index >= 15 is 0 Å². The van der Waals surface area contributed by atoms with Gasteiger partial charge in [-0.15, -0.1) is 0 Å². The Hall–Kier alpha value is -0.770. The zero-order valence-corrected chi connectivity index (χ0v) is 14.0. The van der Waals surface area contributed by atoms with Gasteiger partial charge in [0.15, 0.2) is 0 Å². The molecule has 1 fully saturated rings. The summed E-state index contributed by atoms with van der Waals surface area (Å²) >= 11 is 12.2. The molecule has 1 aromatic carbocycles. The minimum absolute atomic E-state index is 0.000664. The molecule has 0 aliphatic heterocycles. The fraction of sp³-hybridized carbons (Fsp3) is 0.562. The van der Waals surface area contributed by atoms with E-state index in [1.165, 1.54) is 0 Å². The van der Waals surface area contributed by atoms with E-state index in [1.807, 2.05) is 13.0 Å². The number of halogens is 2. The summed E-state index contributed by atoms with van der Waals surface area (Å²) in [5, 5.41) is 1.16. The van der Waals surface area contributed by atoms with Crippen LogP contribution in [-0.4, -0.2) is 23.4 Å². The van der Waals surface area contributed by atoms with Crippen molar-refractivity contribution in [3.05, 3.63) is 33.8 Å².